The second-order valence-corrected chi connectivity index (χ2v) is 3.06. The van der Waals surface area contributed by atoms with Gasteiger partial charge < -0.3 is 10.00 Å². The van der Waals surface area contributed by atoms with Gasteiger partial charge in [0.05, 0.1) is 0 Å². The summed E-state index contributed by atoms with van der Waals surface area (Å²) in [4.78, 5) is 8.33. The van der Waals surface area contributed by atoms with Crippen LogP contribution in [0.15, 0.2) is 24.3 Å². The Kier molecular flexibility index (Phi) is 3.57. The van der Waals surface area contributed by atoms with Crippen molar-refractivity contribution >= 4 is 8.25 Å². The third kappa shape index (κ3) is 3.24. The minimum atomic E-state index is -3.18. The van der Waals surface area contributed by atoms with Crippen LogP contribution >= 0.6 is 8.25 Å². The molecule has 2 N–H and O–H groups in total. The van der Waals surface area contributed by atoms with Crippen LogP contribution in [0.25, 0.3) is 0 Å². The molecule has 0 spiro atoms. The molecule has 2 unspecified atom stereocenters. The van der Waals surface area contributed by atoms with Crippen molar-refractivity contribution < 1.29 is 23.5 Å². The summed E-state index contributed by atoms with van der Waals surface area (Å²) in [5.74, 6) is -0.451. The van der Waals surface area contributed by atoms with Gasteiger partial charge in [0.2, 0.25) is 0 Å². The van der Waals surface area contributed by atoms with E-state index >= 15 is 0 Å². The molecule has 0 saturated carbocycles. The normalized spacial score (nSPS) is 15.3. The number of benzene rings is 1. The maximum atomic E-state index is 12.4. The Bertz CT molecular complexity index is 300. The molecule has 6 heteroatoms. The van der Waals surface area contributed by atoms with Crippen molar-refractivity contribution in [3.05, 3.63) is 35.6 Å². The summed E-state index contributed by atoms with van der Waals surface area (Å²) < 4.78 is 26.8. The van der Waals surface area contributed by atoms with E-state index in [9.17, 15) is 8.96 Å². The lowest BCUT2D eigenvalue weighted by molar-refractivity contribution is -0.0207. The van der Waals surface area contributed by atoms with E-state index in [-0.39, 0.29) is 5.56 Å². The third-order valence-corrected chi connectivity index (χ3v) is 1.79. The lowest BCUT2D eigenvalue weighted by atomic mass is 10.2. The highest BCUT2D eigenvalue weighted by Gasteiger charge is 2.09. The molecule has 0 fully saturated rings. The summed E-state index contributed by atoms with van der Waals surface area (Å²) in [7, 11) is -3.18. The zero-order chi connectivity index (χ0) is 9.84. The number of hydrogen-bond acceptors (Lipinski definition) is 3. The molecule has 0 aromatic heterocycles. The van der Waals surface area contributed by atoms with Crippen LogP contribution in [-0.2, 0) is 9.09 Å². The van der Waals surface area contributed by atoms with Gasteiger partial charge in [-0.3, -0.25) is 9.09 Å². The van der Waals surface area contributed by atoms with Gasteiger partial charge in [0.1, 0.15) is 5.82 Å². The molecule has 0 heterocycles. The number of rotatable bonds is 3. The zero-order valence-corrected chi connectivity index (χ0v) is 7.48. The molecule has 1 aromatic carbocycles. The van der Waals surface area contributed by atoms with Gasteiger partial charge in [-0.15, -0.1) is 0 Å². The summed E-state index contributed by atoms with van der Waals surface area (Å²) in [5, 5.41) is 9.10. The lowest BCUT2D eigenvalue weighted by Gasteiger charge is -2.08. The number of halogens is 1. The Morgan fingerprint density at radius 2 is 1.92 bits per heavy atom. The number of hydrogen-bond donors (Lipinski definition) is 2. The van der Waals surface area contributed by atoms with Crippen LogP contribution in [0.4, 0.5) is 4.39 Å². The van der Waals surface area contributed by atoms with Gasteiger partial charge in [-0.2, -0.15) is 0 Å². The molecule has 0 aliphatic rings. The van der Waals surface area contributed by atoms with Crippen molar-refractivity contribution in [1.29, 1.82) is 0 Å². The van der Waals surface area contributed by atoms with Gasteiger partial charge in [0.25, 0.3) is 0 Å². The van der Waals surface area contributed by atoms with Gasteiger partial charge in [-0.05, 0) is 12.1 Å². The molecule has 0 amide bonds. The molecule has 4 nitrogen and oxygen atoms in total. The van der Waals surface area contributed by atoms with E-state index in [0.29, 0.717) is 0 Å². The monoisotopic (exact) mass is 206 g/mol. The van der Waals surface area contributed by atoms with E-state index in [1.807, 2.05) is 0 Å². The van der Waals surface area contributed by atoms with E-state index in [4.69, 9.17) is 10.00 Å². The van der Waals surface area contributed by atoms with Crippen molar-refractivity contribution in [3.8, 4) is 0 Å². The first-order valence-electron chi connectivity index (χ1n) is 3.42. The SMILES string of the molecule is O=[PH](O)OC(O)c1ccc(F)cc1. The molecular formula is C7H8FO4P. The molecule has 0 aliphatic carbocycles. The molecular weight excluding hydrogens is 198 g/mol. The second kappa shape index (κ2) is 4.48. The van der Waals surface area contributed by atoms with Crippen LogP contribution < -0.4 is 0 Å². The zero-order valence-electron chi connectivity index (χ0n) is 6.48. The van der Waals surface area contributed by atoms with Crippen LogP contribution in [0.5, 0.6) is 0 Å². The van der Waals surface area contributed by atoms with Crippen molar-refractivity contribution in [2.45, 2.75) is 6.29 Å². The summed E-state index contributed by atoms with van der Waals surface area (Å²) in [6.45, 7) is 0. The van der Waals surface area contributed by atoms with Crippen LogP contribution in [0, 0.1) is 5.82 Å². The molecule has 1 aromatic rings. The van der Waals surface area contributed by atoms with Gasteiger partial charge in [0, 0.05) is 5.56 Å². The van der Waals surface area contributed by atoms with Crippen LogP contribution in [0.2, 0.25) is 0 Å². The Balaban J connectivity index is 2.71. The Hall–Kier alpha value is -0.740. The summed E-state index contributed by atoms with van der Waals surface area (Å²) in [5.41, 5.74) is 0.230. The fraction of sp³-hybridized carbons (Fsp3) is 0.143. The molecule has 0 aliphatic heterocycles. The van der Waals surface area contributed by atoms with E-state index in [1.54, 1.807) is 0 Å². The van der Waals surface area contributed by atoms with Crippen molar-refractivity contribution in [2.24, 2.45) is 0 Å². The third-order valence-electron chi connectivity index (χ3n) is 1.37. The minimum absolute atomic E-state index is 0.230. The maximum Gasteiger partial charge on any atom is 0.319 e. The van der Waals surface area contributed by atoms with E-state index in [2.05, 4.69) is 4.52 Å². The Labute approximate surface area is 74.5 Å². The Morgan fingerprint density at radius 3 is 2.38 bits per heavy atom. The highest BCUT2D eigenvalue weighted by Crippen LogP contribution is 2.26. The van der Waals surface area contributed by atoms with Gasteiger partial charge in [0.15, 0.2) is 6.29 Å². The lowest BCUT2D eigenvalue weighted by Crippen LogP contribution is -1.97. The van der Waals surface area contributed by atoms with Gasteiger partial charge in [-0.25, -0.2) is 4.39 Å². The molecule has 13 heavy (non-hydrogen) atoms. The standard InChI is InChI=1S/C7H8FO4P/c8-6-3-1-5(2-4-6)7(9)12-13(10)11/h1-4,7,9,13H,(H,10,11). The fourth-order valence-electron chi connectivity index (χ4n) is 0.791. The van der Waals surface area contributed by atoms with Gasteiger partial charge in [-0.1, -0.05) is 12.1 Å². The summed E-state index contributed by atoms with van der Waals surface area (Å²) >= 11 is 0. The summed E-state index contributed by atoms with van der Waals surface area (Å²) in [6, 6.07) is 4.78. The molecule has 1 rings (SSSR count). The number of aliphatic hydroxyl groups excluding tert-OH is 1. The predicted molar refractivity (Wildman–Crippen MR) is 43.7 cm³/mol. The van der Waals surface area contributed by atoms with E-state index in [1.165, 1.54) is 12.1 Å². The maximum absolute atomic E-state index is 12.4. The molecule has 72 valence electrons. The highest BCUT2D eigenvalue weighted by molar-refractivity contribution is 7.32. The summed E-state index contributed by atoms with van der Waals surface area (Å²) in [6.07, 6.45) is -1.49. The fourth-order valence-corrected chi connectivity index (χ4v) is 1.12. The molecule has 2 atom stereocenters. The largest absolute Gasteiger partial charge is 0.364 e. The van der Waals surface area contributed by atoms with E-state index in [0.717, 1.165) is 12.1 Å². The van der Waals surface area contributed by atoms with Crippen LogP contribution in [0.1, 0.15) is 11.9 Å². The van der Waals surface area contributed by atoms with Crippen molar-refractivity contribution in [1.82, 2.24) is 0 Å². The van der Waals surface area contributed by atoms with Crippen LogP contribution in [-0.4, -0.2) is 10.00 Å². The molecule has 0 saturated heterocycles. The predicted octanol–water partition coefficient (Wildman–Crippen LogP) is 1.22. The van der Waals surface area contributed by atoms with Crippen LogP contribution in [0.3, 0.4) is 0 Å². The topological polar surface area (TPSA) is 66.8 Å². The first-order chi connectivity index (χ1) is 6.09. The highest BCUT2D eigenvalue weighted by atomic mass is 31.1. The second-order valence-electron chi connectivity index (χ2n) is 2.29. The molecule has 0 radical (unpaired) electrons. The minimum Gasteiger partial charge on any atom is -0.364 e. The number of aliphatic hydroxyl groups is 1. The van der Waals surface area contributed by atoms with Crippen molar-refractivity contribution in [2.75, 3.05) is 0 Å². The smallest absolute Gasteiger partial charge is 0.319 e. The first kappa shape index (κ1) is 10.3. The van der Waals surface area contributed by atoms with Gasteiger partial charge >= 0.3 is 8.25 Å². The Morgan fingerprint density at radius 1 is 1.38 bits per heavy atom. The average molecular weight is 206 g/mol. The average Bonchev–Trinajstić information content (AvgIpc) is 2.04. The van der Waals surface area contributed by atoms with E-state index < -0.39 is 20.4 Å². The first-order valence-corrected chi connectivity index (χ1v) is 4.69. The molecule has 0 bridgehead atoms. The quantitative estimate of drug-likeness (QED) is 0.576. The van der Waals surface area contributed by atoms with Crippen molar-refractivity contribution in [3.63, 3.8) is 0 Å².